The molecule has 2 rings (SSSR count). The van der Waals surface area contributed by atoms with E-state index in [-0.39, 0.29) is 5.56 Å². The fourth-order valence-electron chi connectivity index (χ4n) is 2.21. The third-order valence-corrected chi connectivity index (χ3v) is 3.92. The van der Waals surface area contributed by atoms with Gasteiger partial charge < -0.3 is 10.1 Å². The summed E-state index contributed by atoms with van der Waals surface area (Å²) in [5.74, 6) is -1.32. The quantitative estimate of drug-likeness (QED) is 0.511. The molecule has 146 valence electrons. The van der Waals surface area contributed by atoms with Crippen LogP contribution in [0.25, 0.3) is 6.08 Å². The molecule has 0 saturated carbocycles. The van der Waals surface area contributed by atoms with Crippen molar-refractivity contribution >= 4 is 35.4 Å². The number of halogens is 1. The third kappa shape index (κ3) is 6.14. The highest BCUT2D eigenvalue weighted by Crippen LogP contribution is 2.22. The number of carbonyl (C=O) groups is 3. The second-order valence-electron chi connectivity index (χ2n) is 5.76. The minimum atomic E-state index is -0.866. The van der Waals surface area contributed by atoms with Gasteiger partial charge in [-0.25, -0.2) is 0 Å². The normalized spacial score (nSPS) is 11.5. The molecule has 3 amide bonds. The molecule has 2 aromatic rings. The van der Waals surface area contributed by atoms with Gasteiger partial charge in [-0.3, -0.25) is 25.2 Å². The second kappa shape index (κ2) is 10.1. The first-order valence-electron chi connectivity index (χ1n) is 8.38. The number of methoxy groups -OCH3 is 1. The fourth-order valence-corrected chi connectivity index (χ4v) is 2.39. The predicted molar refractivity (Wildman–Crippen MR) is 107 cm³/mol. The van der Waals surface area contributed by atoms with Crippen LogP contribution in [-0.4, -0.2) is 30.9 Å². The van der Waals surface area contributed by atoms with Crippen molar-refractivity contribution in [3.63, 3.8) is 0 Å². The summed E-state index contributed by atoms with van der Waals surface area (Å²) in [7, 11) is 1.42. The number of amides is 3. The van der Waals surface area contributed by atoms with E-state index in [0.29, 0.717) is 10.8 Å². The number of benzene rings is 2. The van der Waals surface area contributed by atoms with Crippen molar-refractivity contribution in [3.8, 4) is 5.75 Å². The smallest absolute Gasteiger partial charge is 0.273 e. The van der Waals surface area contributed by atoms with Crippen LogP contribution in [0.4, 0.5) is 0 Å². The molecule has 0 aromatic heterocycles. The van der Waals surface area contributed by atoms with Crippen LogP contribution in [-0.2, 0) is 9.59 Å². The summed E-state index contributed by atoms with van der Waals surface area (Å²) < 4.78 is 5.09. The molecule has 0 aliphatic heterocycles. The van der Waals surface area contributed by atoms with Crippen LogP contribution in [0.3, 0.4) is 0 Å². The first-order chi connectivity index (χ1) is 13.4. The Labute approximate surface area is 167 Å². The maximum Gasteiger partial charge on any atom is 0.273 e. The molecule has 0 aliphatic rings. The van der Waals surface area contributed by atoms with Gasteiger partial charge in [0.25, 0.3) is 11.8 Å². The summed E-state index contributed by atoms with van der Waals surface area (Å²) in [5, 5.41) is 2.86. The van der Waals surface area contributed by atoms with E-state index >= 15 is 0 Å². The summed E-state index contributed by atoms with van der Waals surface area (Å²) in [5.41, 5.74) is 5.54. The molecule has 0 unspecified atom stereocenters. The number of carbonyl (C=O) groups excluding carboxylic acids is 3. The number of rotatable bonds is 6. The van der Waals surface area contributed by atoms with E-state index in [0.717, 1.165) is 5.56 Å². The topological polar surface area (TPSA) is 96.5 Å². The number of hydrazine groups is 1. The van der Waals surface area contributed by atoms with Gasteiger partial charge in [0.2, 0.25) is 5.91 Å². The first kappa shape index (κ1) is 21.0. The van der Waals surface area contributed by atoms with Crippen LogP contribution in [0.2, 0.25) is 5.02 Å². The van der Waals surface area contributed by atoms with Gasteiger partial charge in [-0.05, 0) is 36.8 Å². The highest BCUT2D eigenvalue weighted by atomic mass is 35.5. The van der Waals surface area contributed by atoms with Crippen LogP contribution >= 0.6 is 11.6 Å². The number of nitrogens with one attached hydrogen (secondary N) is 3. The van der Waals surface area contributed by atoms with E-state index in [9.17, 15) is 14.4 Å². The van der Waals surface area contributed by atoms with Crippen molar-refractivity contribution in [1.29, 1.82) is 0 Å². The molecule has 1 atom stereocenters. The lowest BCUT2D eigenvalue weighted by molar-refractivity contribution is -0.127. The predicted octanol–water partition coefficient (Wildman–Crippen LogP) is 2.33. The van der Waals surface area contributed by atoms with Gasteiger partial charge in [0.05, 0.1) is 12.7 Å². The van der Waals surface area contributed by atoms with Crippen molar-refractivity contribution in [2.24, 2.45) is 0 Å². The Morgan fingerprint density at radius 1 is 1.07 bits per heavy atom. The Morgan fingerprint density at radius 3 is 2.46 bits per heavy atom. The molecule has 8 heteroatoms. The number of ether oxygens (including phenoxy) is 1. The van der Waals surface area contributed by atoms with Crippen molar-refractivity contribution in [2.75, 3.05) is 7.11 Å². The standard InChI is InChI=1S/C20H20ClN3O4/c1-13(22-18(25)11-8-14-6-4-3-5-7-14)19(26)23-24-20(27)16-12-15(21)9-10-17(16)28-2/h3-13H,1-2H3,(H,22,25)(H,23,26)(H,24,27)/b11-8+/t13-/m0/s1. The lowest BCUT2D eigenvalue weighted by atomic mass is 10.2. The van der Waals surface area contributed by atoms with E-state index in [1.54, 1.807) is 18.2 Å². The molecular weight excluding hydrogens is 382 g/mol. The molecule has 0 bridgehead atoms. The highest BCUT2D eigenvalue weighted by Gasteiger charge is 2.17. The highest BCUT2D eigenvalue weighted by molar-refractivity contribution is 6.31. The molecule has 7 nitrogen and oxygen atoms in total. The zero-order valence-electron chi connectivity index (χ0n) is 15.4. The van der Waals surface area contributed by atoms with Crippen LogP contribution in [0.5, 0.6) is 5.75 Å². The number of hydrogen-bond donors (Lipinski definition) is 3. The Morgan fingerprint density at radius 2 is 1.79 bits per heavy atom. The molecule has 0 fully saturated rings. The summed E-state index contributed by atoms with van der Waals surface area (Å²) in [6.07, 6.45) is 2.96. The molecule has 2 aromatic carbocycles. The van der Waals surface area contributed by atoms with Gasteiger partial charge >= 0.3 is 0 Å². The summed E-state index contributed by atoms with van der Waals surface area (Å²) in [4.78, 5) is 36.2. The molecule has 0 aliphatic carbocycles. The van der Waals surface area contributed by atoms with E-state index in [2.05, 4.69) is 16.2 Å². The minimum Gasteiger partial charge on any atom is -0.496 e. The van der Waals surface area contributed by atoms with Crippen molar-refractivity contribution in [3.05, 3.63) is 70.8 Å². The van der Waals surface area contributed by atoms with Crippen molar-refractivity contribution in [1.82, 2.24) is 16.2 Å². The Bertz CT molecular complexity index is 884. The monoisotopic (exact) mass is 401 g/mol. The fraction of sp³-hybridized carbons (Fsp3) is 0.150. The van der Waals surface area contributed by atoms with E-state index in [1.165, 1.54) is 26.2 Å². The van der Waals surface area contributed by atoms with Gasteiger partial charge in [0, 0.05) is 11.1 Å². The summed E-state index contributed by atoms with van der Waals surface area (Å²) in [6, 6.07) is 12.9. The summed E-state index contributed by atoms with van der Waals surface area (Å²) >= 11 is 5.89. The summed E-state index contributed by atoms with van der Waals surface area (Å²) in [6.45, 7) is 1.50. The Kier molecular flexibility index (Phi) is 7.59. The SMILES string of the molecule is COc1ccc(Cl)cc1C(=O)NNC(=O)[C@H](C)NC(=O)/C=C/c1ccccc1. The van der Waals surface area contributed by atoms with E-state index in [1.807, 2.05) is 30.3 Å². The average molecular weight is 402 g/mol. The lowest BCUT2D eigenvalue weighted by Crippen LogP contribution is -2.50. The van der Waals surface area contributed by atoms with Gasteiger partial charge in [0.1, 0.15) is 11.8 Å². The van der Waals surface area contributed by atoms with Crippen LogP contribution in [0.1, 0.15) is 22.8 Å². The largest absolute Gasteiger partial charge is 0.496 e. The van der Waals surface area contributed by atoms with Crippen LogP contribution in [0, 0.1) is 0 Å². The zero-order chi connectivity index (χ0) is 20.5. The minimum absolute atomic E-state index is 0.165. The molecule has 0 spiro atoms. The molecule has 0 saturated heterocycles. The number of hydrogen-bond acceptors (Lipinski definition) is 4. The molecule has 3 N–H and O–H groups in total. The Balaban J connectivity index is 1.87. The third-order valence-electron chi connectivity index (χ3n) is 3.68. The molecule has 28 heavy (non-hydrogen) atoms. The zero-order valence-corrected chi connectivity index (χ0v) is 16.1. The first-order valence-corrected chi connectivity index (χ1v) is 8.76. The maximum atomic E-state index is 12.2. The maximum absolute atomic E-state index is 12.2. The van der Waals surface area contributed by atoms with Crippen LogP contribution < -0.4 is 20.9 Å². The lowest BCUT2D eigenvalue weighted by Gasteiger charge is -2.14. The van der Waals surface area contributed by atoms with Gasteiger partial charge in [0.15, 0.2) is 0 Å². The molecular formula is C20H20ClN3O4. The second-order valence-corrected chi connectivity index (χ2v) is 6.20. The van der Waals surface area contributed by atoms with Gasteiger partial charge in [-0.15, -0.1) is 0 Å². The average Bonchev–Trinajstić information content (AvgIpc) is 2.70. The Hall–Kier alpha value is -3.32. The molecule has 0 heterocycles. The van der Waals surface area contributed by atoms with Crippen molar-refractivity contribution in [2.45, 2.75) is 13.0 Å². The van der Waals surface area contributed by atoms with Gasteiger partial charge in [-0.1, -0.05) is 41.9 Å². The van der Waals surface area contributed by atoms with Crippen LogP contribution in [0.15, 0.2) is 54.6 Å². The van der Waals surface area contributed by atoms with E-state index in [4.69, 9.17) is 16.3 Å². The molecule has 0 radical (unpaired) electrons. The van der Waals surface area contributed by atoms with Crippen molar-refractivity contribution < 1.29 is 19.1 Å². The van der Waals surface area contributed by atoms with Gasteiger partial charge in [-0.2, -0.15) is 0 Å². The van der Waals surface area contributed by atoms with E-state index < -0.39 is 23.8 Å².